The van der Waals surface area contributed by atoms with E-state index in [0.29, 0.717) is 12.6 Å². The van der Waals surface area contributed by atoms with Crippen molar-refractivity contribution >= 4 is 5.84 Å². The molecule has 0 aromatic carbocycles. The van der Waals surface area contributed by atoms with Crippen molar-refractivity contribution in [3.63, 3.8) is 0 Å². The molecule has 0 radical (unpaired) electrons. The summed E-state index contributed by atoms with van der Waals surface area (Å²) >= 11 is 0. The number of rotatable bonds is 7. The lowest BCUT2D eigenvalue weighted by atomic mass is 10.2. The molecule has 84 valence electrons. The lowest BCUT2D eigenvalue weighted by molar-refractivity contribution is 0.150. The minimum absolute atomic E-state index is 0.246. The third kappa shape index (κ3) is 5.04. The molecule has 0 aromatic heterocycles. The van der Waals surface area contributed by atoms with Crippen molar-refractivity contribution < 1.29 is 9.94 Å². The SMILES string of the molecule is CCN(CC(N)=NO)C(C)CCOC. The molecule has 0 saturated heterocycles. The van der Waals surface area contributed by atoms with E-state index in [0.717, 1.165) is 19.6 Å². The second-order valence-corrected chi connectivity index (χ2v) is 3.28. The first-order valence-electron chi connectivity index (χ1n) is 4.85. The van der Waals surface area contributed by atoms with Crippen molar-refractivity contribution in [2.75, 3.05) is 26.8 Å². The second-order valence-electron chi connectivity index (χ2n) is 3.28. The normalized spacial score (nSPS) is 14.7. The highest BCUT2D eigenvalue weighted by Crippen LogP contribution is 2.03. The van der Waals surface area contributed by atoms with Gasteiger partial charge in [0.15, 0.2) is 5.84 Å². The summed E-state index contributed by atoms with van der Waals surface area (Å²) in [6.45, 7) is 6.26. The number of likely N-dealkylation sites (N-methyl/N-ethyl adjacent to an activating group) is 1. The fraction of sp³-hybridized carbons (Fsp3) is 0.889. The number of hydrogen-bond acceptors (Lipinski definition) is 4. The topological polar surface area (TPSA) is 71.1 Å². The molecule has 5 heteroatoms. The first-order valence-corrected chi connectivity index (χ1v) is 4.85. The lowest BCUT2D eigenvalue weighted by Gasteiger charge is -2.26. The Labute approximate surface area is 85.5 Å². The molecule has 0 bridgehead atoms. The molecule has 0 spiro atoms. The van der Waals surface area contributed by atoms with E-state index < -0.39 is 0 Å². The summed E-state index contributed by atoms with van der Waals surface area (Å²) < 4.78 is 5.00. The van der Waals surface area contributed by atoms with E-state index in [2.05, 4.69) is 17.0 Å². The Morgan fingerprint density at radius 3 is 2.71 bits per heavy atom. The summed E-state index contributed by atoms with van der Waals surface area (Å²) in [5.41, 5.74) is 5.44. The minimum Gasteiger partial charge on any atom is -0.409 e. The van der Waals surface area contributed by atoms with Crippen molar-refractivity contribution in [1.82, 2.24) is 4.90 Å². The third-order valence-electron chi connectivity index (χ3n) is 2.26. The number of hydrogen-bond donors (Lipinski definition) is 2. The molecule has 3 N–H and O–H groups in total. The fourth-order valence-electron chi connectivity index (χ4n) is 1.29. The predicted molar refractivity (Wildman–Crippen MR) is 56.6 cm³/mol. The van der Waals surface area contributed by atoms with Gasteiger partial charge in [-0.25, -0.2) is 0 Å². The number of oxime groups is 1. The van der Waals surface area contributed by atoms with Gasteiger partial charge in [-0.05, 0) is 19.9 Å². The van der Waals surface area contributed by atoms with Crippen LogP contribution < -0.4 is 5.73 Å². The van der Waals surface area contributed by atoms with Crippen molar-refractivity contribution in [3.05, 3.63) is 0 Å². The summed E-state index contributed by atoms with van der Waals surface area (Å²) in [7, 11) is 1.69. The summed E-state index contributed by atoms with van der Waals surface area (Å²) in [5.74, 6) is 0.246. The smallest absolute Gasteiger partial charge is 0.153 e. The Morgan fingerprint density at radius 2 is 2.29 bits per heavy atom. The van der Waals surface area contributed by atoms with Crippen LogP contribution in [0.5, 0.6) is 0 Å². The van der Waals surface area contributed by atoms with Gasteiger partial charge in [-0.1, -0.05) is 12.1 Å². The fourth-order valence-corrected chi connectivity index (χ4v) is 1.29. The molecule has 0 aliphatic rings. The molecule has 0 aliphatic heterocycles. The van der Waals surface area contributed by atoms with E-state index in [1.165, 1.54) is 0 Å². The molecular formula is C9H21N3O2. The number of methoxy groups -OCH3 is 1. The van der Waals surface area contributed by atoms with Gasteiger partial charge in [0.2, 0.25) is 0 Å². The quantitative estimate of drug-likeness (QED) is 0.273. The van der Waals surface area contributed by atoms with Gasteiger partial charge >= 0.3 is 0 Å². The van der Waals surface area contributed by atoms with Crippen LogP contribution in [-0.2, 0) is 4.74 Å². The summed E-state index contributed by atoms with van der Waals surface area (Å²) in [5, 5.41) is 11.4. The summed E-state index contributed by atoms with van der Waals surface area (Å²) in [4.78, 5) is 2.13. The van der Waals surface area contributed by atoms with E-state index in [9.17, 15) is 0 Å². The van der Waals surface area contributed by atoms with Crippen LogP contribution in [0.4, 0.5) is 0 Å². The molecule has 5 nitrogen and oxygen atoms in total. The standard InChI is InChI=1S/C9H21N3O2/c1-4-12(7-9(10)11-13)8(2)5-6-14-3/h8,13H,4-7H2,1-3H3,(H2,10,11). The molecule has 0 amide bonds. The van der Waals surface area contributed by atoms with Gasteiger partial charge in [0.05, 0.1) is 6.54 Å². The van der Waals surface area contributed by atoms with Gasteiger partial charge in [-0.15, -0.1) is 0 Å². The van der Waals surface area contributed by atoms with Crippen LogP contribution in [-0.4, -0.2) is 48.8 Å². The Hall–Kier alpha value is -0.810. The monoisotopic (exact) mass is 203 g/mol. The van der Waals surface area contributed by atoms with E-state index >= 15 is 0 Å². The van der Waals surface area contributed by atoms with Gasteiger partial charge in [-0.3, -0.25) is 4.90 Å². The Balaban J connectivity index is 3.98. The van der Waals surface area contributed by atoms with E-state index in [1.54, 1.807) is 7.11 Å². The maximum atomic E-state index is 8.45. The van der Waals surface area contributed by atoms with Gasteiger partial charge < -0.3 is 15.7 Å². The molecule has 0 fully saturated rings. The maximum absolute atomic E-state index is 8.45. The zero-order valence-corrected chi connectivity index (χ0v) is 9.23. The Morgan fingerprint density at radius 1 is 1.64 bits per heavy atom. The van der Waals surface area contributed by atoms with E-state index in [4.69, 9.17) is 15.7 Å². The van der Waals surface area contributed by atoms with Crippen LogP contribution in [0.2, 0.25) is 0 Å². The lowest BCUT2D eigenvalue weighted by Crippen LogP contribution is -2.40. The maximum Gasteiger partial charge on any atom is 0.153 e. The highest BCUT2D eigenvalue weighted by Gasteiger charge is 2.12. The molecule has 0 aliphatic carbocycles. The highest BCUT2D eigenvalue weighted by atomic mass is 16.5. The van der Waals surface area contributed by atoms with Gasteiger partial charge in [0.1, 0.15) is 0 Å². The summed E-state index contributed by atoms with van der Waals surface area (Å²) in [6, 6.07) is 0.375. The van der Waals surface area contributed by atoms with Crippen LogP contribution in [0.1, 0.15) is 20.3 Å². The zero-order valence-electron chi connectivity index (χ0n) is 9.23. The molecule has 14 heavy (non-hydrogen) atoms. The molecular weight excluding hydrogens is 182 g/mol. The van der Waals surface area contributed by atoms with Gasteiger partial charge in [0.25, 0.3) is 0 Å². The van der Waals surface area contributed by atoms with Gasteiger partial charge in [-0.2, -0.15) is 0 Å². The zero-order chi connectivity index (χ0) is 11.0. The third-order valence-corrected chi connectivity index (χ3v) is 2.26. The van der Waals surface area contributed by atoms with Crippen molar-refractivity contribution in [3.8, 4) is 0 Å². The second kappa shape index (κ2) is 7.58. The van der Waals surface area contributed by atoms with Gasteiger partial charge in [0, 0.05) is 19.8 Å². The molecule has 1 atom stereocenters. The first-order chi connectivity index (χ1) is 6.65. The van der Waals surface area contributed by atoms with Crippen molar-refractivity contribution in [1.29, 1.82) is 0 Å². The molecule has 1 unspecified atom stereocenters. The van der Waals surface area contributed by atoms with E-state index in [-0.39, 0.29) is 5.84 Å². The van der Waals surface area contributed by atoms with Crippen molar-refractivity contribution in [2.24, 2.45) is 10.9 Å². The average molecular weight is 203 g/mol. The molecule has 0 saturated carbocycles. The number of amidine groups is 1. The molecule has 0 rings (SSSR count). The Kier molecular flexibility index (Phi) is 7.14. The Bertz CT molecular complexity index is 173. The minimum atomic E-state index is 0.246. The number of nitrogens with zero attached hydrogens (tertiary/aromatic N) is 2. The van der Waals surface area contributed by atoms with Crippen molar-refractivity contribution in [2.45, 2.75) is 26.3 Å². The number of nitrogens with two attached hydrogens (primary N) is 1. The first kappa shape index (κ1) is 13.2. The largest absolute Gasteiger partial charge is 0.409 e. The van der Waals surface area contributed by atoms with E-state index in [1.807, 2.05) is 6.92 Å². The molecule has 0 heterocycles. The van der Waals surface area contributed by atoms with Crippen LogP contribution in [0.25, 0.3) is 0 Å². The van der Waals surface area contributed by atoms with Crippen LogP contribution in [0.15, 0.2) is 5.16 Å². The average Bonchev–Trinajstić information content (AvgIpc) is 2.21. The van der Waals surface area contributed by atoms with Crippen LogP contribution in [0, 0.1) is 0 Å². The molecule has 0 aromatic rings. The summed E-state index contributed by atoms with van der Waals surface area (Å²) in [6.07, 6.45) is 0.947. The number of ether oxygens (including phenoxy) is 1. The predicted octanol–water partition coefficient (Wildman–Crippen LogP) is 0.480. The van der Waals surface area contributed by atoms with Crippen LogP contribution >= 0.6 is 0 Å². The van der Waals surface area contributed by atoms with Crippen LogP contribution in [0.3, 0.4) is 0 Å². The highest BCUT2D eigenvalue weighted by molar-refractivity contribution is 5.81.